The van der Waals surface area contributed by atoms with E-state index in [9.17, 15) is 4.79 Å². The van der Waals surface area contributed by atoms with Crippen LogP contribution >= 0.6 is 0 Å². The number of rotatable bonds is 6. The van der Waals surface area contributed by atoms with Crippen LogP contribution in [0.5, 0.6) is 0 Å². The monoisotopic (exact) mass is 220 g/mol. The van der Waals surface area contributed by atoms with Gasteiger partial charge in [-0.1, -0.05) is 51.1 Å². The molecule has 0 saturated heterocycles. The Morgan fingerprint density at radius 3 is 2.38 bits per heavy atom. The minimum atomic E-state index is -0.0105. The molecule has 0 spiro atoms. The molecule has 1 atom stereocenters. The quantitative estimate of drug-likeness (QED) is 0.736. The number of Topliss-reactive ketones (excluding diaryl/α,β-unsaturated/α-hetero) is 1. The highest BCUT2D eigenvalue weighted by Gasteiger charge is 2.16. The topological polar surface area (TPSA) is 26.3 Å². The minimum Gasteiger partial charge on any atom is -0.376 e. The standard InChI is InChI=1S/C14H20O2/c1-11(2)14(15)12(3)9-16-10-13-7-5-4-6-8-13/h4-8,11-12H,9-10H2,1-3H3/t12-/m0/s1. The van der Waals surface area contributed by atoms with E-state index in [1.807, 2.05) is 51.1 Å². The molecule has 0 saturated carbocycles. The normalized spacial score (nSPS) is 12.8. The summed E-state index contributed by atoms with van der Waals surface area (Å²) in [7, 11) is 0. The fourth-order valence-corrected chi connectivity index (χ4v) is 1.58. The molecule has 1 rings (SSSR count). The molecule has 0 aliphatic heterocycles. The highest BCUT2D eigenvalue weighted by molar-refractivity contribution is 5.82. The maximum absolute atomic E-state index is 11.6. The first kappa shape index (κ1) is 12.9. The van der Waals surface area contributed by atoms with Crippen LogP contribution in [-0.2, 0) is 16.1 Å². The molecule has 2 nitrogen and oxygen atoms in total. The lowest BCUT2D eigenvalue weighted by Gasteiger charge is -2.13. The largest absolute Gasteiger partial charge is 0.376 e. The van der Waals surface area contributed by atoms with Gasteiger partial charge < -0.3 is 4.74 Å². The Hall–Kier alpha value is -1.15. The van der Waals surface area contributed by atoms with Crippen molar-refractivity contribution in [1.82, 2.24) is 0 Å². The molecule has 0 aromatic heterocycles. The lowest BCUT2D eigenvalue weighted by atomic mass is 9.98. The summed E-state index contributed by atoms with van der Waals surface area (Å²) < 4.78 is 5.53. The fourth-order valence-electron chi connectivity index (χ4n) is 1.58. The van der Waals surface area contributed by atoms with Crippen molar-refractivity contribution >= 4 is 5.78 Å². The summed E-state index contributed by atoms with van der Waals surface area (Å²) in [4.78, 5) is 11.6. The van der Waals surface area contributed by atoms with Gasteiger partial charge in [-0.15, -0.1) is 0 Å². The van der Waals surface area contributed by atoms with Gasteiger partial charge in [0.05, 0.1) is 13.2 Å². The molecule has 0 amide bonds. The second kappa shape index (κ2) is 6.44. The van der Waals surface area contributed by atoms with E-state index in [2.05, 4.69) is 0 Å². The molecule has 0 fully saturated rings. The van der Waals surface area contributed by atoms with E-state index in [-0.39, 0.29) is 17.6 Å². The van der Waals surface area contributed by atoms with Crippen LogP contribution in [0, 0.1) is 11.8 Å². The molecule has 0 unspecified atom stereocenters. The van der Waals surface area contributed by atoms with Crippen LogP contribution < -0.4 is 0 Å². The molecular weight excluding hydrogens is 200 g/mol. The van der Waals surface area contributed by atoms with Gasteiger partial charge in [0, 0.05) is 11.8 Å². The molecule has 0 aliphatic carbocycles. The van der Waals surface area contributed by atoms with E-state index in [1.165, 1.54) is 0 Å². The Kier molecular flexibility index (Phi) is 5.20. The molecular formula is C14H20O2. The van der Waals surface area contributed by atoms with Crippen LogP contribution in [0.1, 0.15) is 26.3 Å². The first-order valence-electron chi connectivity index (χ1n) is 5.76. The van der Waals surface area contributed by atoms with E-state index in [0.29, 0.717) is 13.2 Å². The highest BCUT2D eigenvalue weighted by atomic mass is 16.5. The third kappa shape index (κ3) is 4.15. The SMILES string of the molecule is CC(C)C(=O)[C@@H](C)COCc1ccccc1. The average molecular weight is 220 g/mol. The first-order chi connectivity index (χ1) is 7.61. The summed E-state index contributed by atoms with van der Waals surface area (Å²) in [5.41, 5.74) is 1.15. The van der Waals surface area contributed by atoms with Crippen molar-refractivity contribution in [2.45, 2.75) is 27.4 Å². The van der Waals surface area contributed by atoms with E-state index in [4.69, 9.17) is 4.74 Å². The minimum absolute atomic E-state index is 0.0105. The molecule has 1 aromatic carbocycles. The molecule has 88 valence electrons. The lowest BCUT2D eigenvalue weighted by molar-refractivity contribution is -0.127. The number of benzene rings is 1. The van der Waals surface area contributed by atoms with Crippen molar-refractivity contribution in [3.8, 4) is 0 Å². The highest BCUT2D eigenvalue weighted by Crippen LogP contribution is 2.08. The Bertz CT molecular complexity index is 317. The zero-order valence-corrected chi connectivity index (χ0v) is 10.3. The number of carbonyl (C=O) groups is 1. The van der Waals surface area contributed by atoms with Crippen LogP contribution in [0.15, 0.2) is 30.3 Å². The zero-order valence-electron chi connectivity index (χ0n) is 10.3. The van der Waals surface area contributed by atoms with Gasteiger partial charge in [-0.05, 0) is 5.56 Å². The Morgan fingerprint density at radius 2 is 1.81 bits per heavy atom. The number of ketones is 1. The molecule has 16 heavy (non-hydrogen) atoms. The summed E-state index contributed by atoms with van der Waals surface area (Å²) in [5.74, 6) is 0.354. The fraction of sp³-hybridized carbons (Fsp3) is 0.500. The van der Waals surface area contributed by atoms with Crippen LogP contribution in [0.25, 0.3) is 0 Å². The number of ether oxygens (including phenoxy) is 1. The van der Waals surface area contributed by atoms with Gasteiger partial charge in [-0.25, -0.2) is 0 Å². The van der Waals surface area contributed by atoms with Crippen LogP contribution in [0.3, 0.4) is 0 Å². The van der Waals surface area contributed by atoms with Gasteiger partial charge >= 0.3 is 0 Å². The van der Waals surface area contributed by atoms with Crippen LogP contribution in [-0.4, -0.2) is 12.4 Å². The van der Waals surface area contributed by atoms with Gasteiger partial charge in [0.1, 0.15) is 5.78 Å². The molecule has 1 aromatic rings. The van der Waals surface area contributed by atoms with Gasteiger partial charge in [0.25, 0.3) is 0 Å². The van der Waals surface area contributed by atoms with Gasteiger partial charge in [-0.2, -0.15) is 0 Å². The number of carbonyl (C=O) groups excluding carboxylic acids is 1. The Labute approximate surface area is 97.6 Å². The zero-order chi connectivity index (χ0) is 12.0. The van der Waals surface area contributed by atoms with E-state index in [1.54, 1.807) is 0 Å². The Balaban J connectivity index is 2.28. The van der Waals surface area contributed by atoms with Crippen molar-refractivity contribution < 1.29 is 9.53 Å². The third-order valence-corrected chi connectivity index (χ3v) is 2.53. The molecule has 0 bridgehead atoms. The van der Waals surface area contributed by atoms with Crippen LogP contribution in [0.2, 0.25) is 0 Å². The second-order valence-corrected chi connectivity index (χ2v) is 4.46. The molecule has 0 radical (unpaired) electrons. The molecule has 0 heterocycles. The summed E-state index contributed by atoms with van der Waals surface area (Å²) >= 11 is 0. The van der Waals surface area contributed by atoms with Gasteiger partial charge in [-0.3, -0.25) is 4.79 Å². The van der Waals surface area contributed by atoms with Crippen LogP contribution in [0.4, 0.5) is 0 Å². The summed E-state index contributed by atoms with van der Waals surface area (Å²) in [5, 5.41) is 0. The Morgan fingerprint density at radius 1 is 1.19 bits per heavy atom. The summed E-state index contributed by atoms with van der Waals surface area (Å²) in [6, 6.07) is 10.0. The number of hydrogen-bond donors (Lipinski definition) is 0. The first-order valence-corrected chi connectivity index (χ1v) is 5.76. The van der Waals surface area contributed by atoms with Crippen molar-refractivity contribution in [1.29, 1.82) is 0 Å². The predicted molar refractivity (Wildman–Crippen MR) is 65.1 cm³/mol. The summed E-state index contributed by atoms with van der Waals surface area (Å²) in [6.45, 7) is 6.86. The molecule has 2 heteroatoms. The van der Waals surface area contributed by atoms with E-state index in [0.717, 1.165) is 5.56 Å². The lowest BCUT2D eigenvalue weighted by Crippen LogP contribution is -2.21. The average Bonchev–Trinajstić information content (AvgIpc) is 2.29. The third-order valence-electron chi connectivity index (χ3n) is 2.53. The maximum atomic E-state index is 11.6. The van der Waals surface area contributed by atoms with Gasteiger partial charge in [0.2, 0.25) is 0 Å². The molecule has 0 N–H and O–H groups in total. The predicted octanol–water partition coefficient (Wildman–Crippen LogP) is 3.06. The second-order valence-electron chi connectivity index (χ2n) is 4.46. The van der Waals surface area contributed by atoms with Gasteiger partial charge in [0.15, 0.2) is 0 Å². The summed E-state index contributed by atoms with van der Waals surface area (Å²) in [6.07, 6.45) is 0. The van der Waals surface area contributed by atoms with Crippen molar-refractivity contribution in [2.75, 3.05) is 6.61 Å². The number of hydrogen-bond acceptors (Lipinski definition) is 2. The molecule has 0 aliphatic rings. The van der Waals surface area contributed by atoms with Crippen molar-refractivity contribution in [3.05, 3.63) is 35.9 Å². The van der Waals surface area contributed by atoms with Crippen molar-refractivity contribution in [2.24, 2.45) is 11.8 Å². The van der Waals surface area contributed by atoms with Crippen molar-refractivity contribution in [3.63, 3.8) is 0 Å². The van der Waals surface area contributed by atoms with E-state index < -0.39 is 0 Å². The smallest absolute Gasteiger partial charge is 0.140 e. The van der Waals surface area contributed by atoms with E-state index >= 15 is 0 Å². The maximum Gasteiger partial charge on any atom is 0.140 e.